The lowest BCUT2D eigenvalue weighted by Gasteiger charge is -2.31. The second-order valence-corrected chi connectivity index (χ2v) is 9.19. The van der Waals surface area contributed by atoms with Gasteiger partial charge < -0.3 is 14.8 Å². The maximum Gasteiger partial charge on any atom is 0.249 e. The molecule has 40 heavy (non-hydrogen) atoms. The van der Waals surface area contributed by atoms with Crippen LogP contribution in [0.25, 0.3) is 11.0 Å². The van der Waals surface area contributed by atoms with Gasteiger partial charge in [-0.25, -0.2) is 9.07 Å². The zero-order valence-corrected chi connectivity index (χ0v) is 21.2. The van der Waals surface area contributed by atoms with Gasteiger partial charge in [0.25, 0.3) is 0 Å². The molecule has 200 valence electrons. The highest BCUT2D eigenvalue weighted by molar-refractivity contribution is 6.01. The lowest BCUT2D eigenvalue weighted by Crippen LogP contribution is -2.45. The molecular weight excluding hydrogens is 513 g/mol. The topological polar surface area (TPSA) is 98.6 Å². The molecule has 1 N–H and O–H groups in total. The van der Waals surface area contributed by atoms with Crippen LogP contribution in [0.2, 0.25) is 0 Å². The molecule has 2 heterocycles. The van der Waals surface area contributed by atoms with E-state index in [2.05, 4.69) is 15.6 Å². The van der Waals surface area contributed by atoms with E-state index in [4.69, 9.17) is 9.47 Å². The minimum absolute atomic E-state index is 0.0674. The Balaban J connectivity index is 1.39. The Morgan fingerprint density at radius 2 is 1.68 bits per heavy atom. The van der Waals surface area contributed by atoms with Crippen LogP contribution in [0.4, 0.5) is 10.1 Å². The van der Waals surface area contributed by atoms with Gasteiger partial charge >= 0.3 is 0 Å². The third kappa shape index (κ3) is 5.06. The summed E-state index contributed by atoms with van der Waals surface area (Å²) in [7, 11) is 0. The van der Waals surface area contributed by atoms with Crippen molar-refractivity contribution in [2.45, 2.75) is 19.1 Å². The van der Waals surface area contributed by atoms with Crippen LogP contribution in [-0.4, -0.2) is 33.6 Å². The number of rotatable bonds is 8. The molecule has 9 nitrogen and oxygen atoms in total. The van der Waals surface area contributed by atoms with E-state index in [0.717, 1.165) is 5.56 Å². The van der Waals surface area contributed by atoms with Crippen molar-refractivity contribution in [3.05, 3.63) is 114 Å². The Kier molecular flexibility index (Phi) is 6.80. The van der Waals surface area contributed by atoms with Crippen molar-refractivity contribution in [2.75, 3.05) is 11.7 Å². The Morgan fingerprint density at radius 3 is 2.50 bits per heavy atom. The Labute approximate surface area is 228 Å². The molecule has 5 aromatic rings. The molecule has 4 aromatic carbocycles. The van der Waals surface area contributed by atoms with Crippen molar-refractivity contribution >= 4 is 28.5 Å². The first kappa shape index (κ1) is 25.1. The zero-order valence-electron chi connectivity index (χ0n) is 21.2. The zero-order chi connectivity index (χ0) is 27.5. The second kappa shape index (κ2) is 10.9. The van der Waals surface area contributed by atoms with E-state index in [0.29, 0.717) is 33.8 Å². The number of anilines is 1. The highest BCUT2D eigenvalue weighted by atomic mass is 19.1. The van der Waals surface area contributed by atoms with Gasteiger partial charge in [-0.2, -0.15) is 0 Å². The van der Waals surface area contributed by atoms with Gasteiger partial charge in [-0.05, 0) is 47.5 Å². The number of carbonyl (C=O) groups excluding carboxylic acids is 2. The highest BCUT2D eigenvalue weighted by Crippen LogP contribution is 2.38. The summed E-state index contributed by atoms with van der Waals surface area (Å²) in [5, 5.41) is 11.2. The van der Waals surface area contributed by atoms with Gasteiger partial charge in [0.15, 0.2) is 11.5 Å². The monoisotopic (exact) mass is 537 g/mol. The van der Waals surface area contributed by atoms with Crippen molar-refractivity contribution in [2.24, 2.45) is 0 Å². The maximum atomic E-state index is 14.1. The van der Waals surface area contributed by atoms with Gasteiger partial charge in [-0.15, -0.1) is 5.10 Å². The third-order valence-electron chi connectivity index (χ3n) is 6.61. The van der Waals surface area contributed by atoms with E-state index in [1.807, 2.05) is 42.5 Å². The molecule has 0 aliphatic carbocycles. The fourth-order valence-corrected chi connectivity index (χ4v) is 4.65. The fraction of sp³-hybridized carbons (Fsp3) is 0.133. The molecule has 0 fully saturated rings. The summed E-state index contributed by atoms with van der Waals surface area (Å²) in [6.07, 6.45) is 0. The van der Waals surface area contributed by atoms with Crippen LogP contribution in [0.3, 0.4) is 0 Å². The van der Waals surface area contributed by atoms with Crippen molar-refractivity contribution < 1.29 is 23.5 Å². The van der Waals surface area contributed by atoms with E-state index in [1.165, 1.54) is 21.7 Å². The molecule has 1 atom stereocenters. The van der Waals surface area contributed by atoms with E-state index in [9.17, 15) is 14.0 Å². The third-order valence-corrected chi connectivity index (χ3v) is 6.61. The number of hydrogen-bond donors (Lipinski definition) is 1. The molecule has 0 saturated heterocycles. The smallest absolute Gasteiger partial charge is 0.249 e. The number of carbonyl (C=O) groups is 2. The van der Waals surface area contributed by atoms with E-state index in [1.54, 1.807) is 42.5 Å². The van der Waals surface area contributed by atoms with Gasteiger partial charge in [0.05, 0.1) is 5.52 Å². The first-order chi connectivity index (χ1) is 19.6. The van der Waals surface area contributed by atoms with Crippen molar-refractivity contribution in [3.8, 4) is 11.5 Å². The van der Waals surface area contributed by atoms with Crippen LogP contribution >= 0.6 is 0 Å². The Morgan fingerprint density at radius 1 is 0.925 bits per heavy atom. The SMILES string of the molecule is O=C(NCc1ccc(F)cc1)C(c1ccccc1)N(C(=O)Cn1nnc2ccccc21)c1ccc2c(c1)OCO2. The minimum Gasteiger partial charge on any atom is -0.454 e. The quantitative estimate of drug-likeness (QED) is 0.315. The van der Waals surface area contributed by atoms with Crippen LogP contribution in [-0.2, 0) is 22.7 Å². The average molecular weight is 538 g/mol. The second-order valence-electron chi connectivity index (χ2n) is 9.19. The number of fused-ring (bicyclic) bond motifs is 2. The Bertz CT molecular complexity index is 1670. The molecule has 0 radical (unpaired) electrons. The predicted molar refractivity (Wildman–Crippen MR) is 145 cm³/mol. The van der Waals surface area contributed by atoms with Gasteiger partial charge in [-0.1, -0.05) is 59.8 Å². The molecule has 0 bridgehead atoms. The molecule has 0 saturated carbocycles. The number of benzene rings is 4. The fourth-order valence-electron chi connectivity index (χ4n) is 4.65. The summed E-state index contributed by atoms with van der Waals surface area (Å²) in [5.41, 5.74) is 3.12. The molecule has 6 rings (SSSR count). The summed E-state index contributed by atoms with van der Waals surface area (Å²) in [5.74, 6) is -0.141. The summed E-state index contributed by atoms with van der Waals surface area (Å²) in [6, 6.07) is 26.3. The predicted octanol–water partition coefficient (Wildman–Crippen LogP) is 4.39. The van der Waals surface area contributed by atoms with Crippen LogP contribution < -0.4 is 19.7 Å². The highest BCUT2D eigenvalue weighted by Gasteiger charge is 2.34. The van der Waals surface area contributed by atoms with E-state index in [-0.39, 0.29) is 31.6 Å². The number of aromatic nitrogens is 3. The normalized spacial score (nSPS) is 12.7. The van der Waals surface area contributed by atoms with E-state index >= 15 is 0 Å². The summed E-state index contributed by atoms with van der Waals surface area (Å²) in [6.45, 7) is 0.0564. The largest absolute Gasteiger partial charge is 0.454 e. The molecule has 0 spiro atoms. The van der Waals surface area contributed by atoms with Gasteiger partial charge in [-0.3, -0.25) is 14.5 Å². The number of nitrogens with one attached hydrogen (secondary N) is 1. The summed E-state index contributed by atoms with van der Waals surface area (Å²) < 4.78 is 25.9. The molecule has 2 amide bonds. The summed E-state index contributed by atoms with van der Waals surface area (Å²) in [4.78, 5) is 29.4. The van der Waals surface area contributed by atoms with Crippen LogP contribution in [0.5, 0.6) is 11.5 Å². The summed E-state index contributed by atoms with van der Waals surface area (Å²) >= 11 is 0. The molecule has 1 aliphatic heterocycles. The first-order valence-corrected chi connectivity index (χ1v) is 12.6. The van der Waals surface area contributed by atoms with Crippen LogP contribution in [0.1, 0.15) is 17.2 Å². The van der Waals surface area contributed by atoms with Crippen molar-refractivity contribution in [3.63, 3.8) is 0 Å². The van der Waals surface area contributed by atoms with Gasteiger partial charge in [0.2, 0.25) is 18.6 Å². The number of hydrogen-bond acceptors (Lipinski definition) is 6. The molecule has 1 aromatic heterocycles. The van der Waals surface area contributed by atoms with E-state index < -0.39 is 11.9 Å². The maximum absolute atomic E-state index is 14.1. The standard InChI is InChI=1S/C30H24FN5O4/c31-22-12-10-20(11-13-22)17-32-30(38)29(21-6-2-1-3-7-21)36(23-14-15-26-27(16-23)40-19-39-26)28(37)18-35-25-9-5-4-8-24(25)33-34-35/h1-16,29H,17-19H2,(H,32,38). The molecule has 1 aliphatic rings. The number of nitrogens with zero attached hydrogens (tertiary/aromatic N) is 4. The lowest BCUT2D eigenvalue weighted by atomic mass is 10.0. The molecule has 10 heteroatoms. The average Bonchev–Trinajstić information content (AvgIpc) is 3.62. The molecule has 1 unspecified atom stereocenters. The van der Waals surface area contributed by atoms with Crippen molar-refractivity contribution in [1.82, 2.24) is 20.3 Å². The first-order valence-electron chi connectivity index (χ1n) is 12.6. The number of ether oxygens (including phenoxy) is 2. The number of para-hydroxylation sites is 1. The minimum atomic E-state index is -1.04. The van der Waals surface area contributed by atoms with Crippen LogP contribution in [0.15, 0.2) is 97.1 Å². The number of halogens is 1. The van der Waals surface area contributed by atoms with Gasteiger partial charge in [0.1, 0.15) is 23.9 Å². The lowest BCUT2D eigenvalue weighted by molar-refractivity contribution is -0.127. The van der Waals surface area contributed by atoms with Crippen LogP contribution in [0, 0.1) is 5.82 Å². The number of amides is 2. The Hall–Kier alpha value is -5.25. The van der Waals surface area contributed by atoms with Crippen molar-refractivity contribution in [1.29, 1.82) is 0 Å². The molecular formula is C30H24FN5O4. The van der Waals surface area contributed by atoms with Gasteiger partial charge in [0, 0.05) is 18.3 Å².